The van der Waals surface area contributed by atoms with Crippen molar-refractivity contribution in [3.63, 3.8) is 0 Å². The summed E-state index contributed by atoms with van der Waals surface area (Å²) >= 11 is 0. The van der Waals surface area contributed by atoms with E-state index in [-0.39, 0.29) is 18.7 Å². The van der Waals surface area contributed by atoms with Gasteiger partial charge in [-0.05, 0) is 32.6 Å². The smallest absolute Gasteiger partial charge is 0.317 e. The summed E-state index contributed by atoms with van der Waals surface area (Å²) in [5.74, 6) is 0.479. The van der Waals surface area contributed by atoms with Crippen molar-refractivity contribution in [3.05, 3.63) is 0 Å². The quantitative estimate of drug-likeness (QED) is 0.751. The van der Waals surface area contributed by atoms with E-state index in [4.69, 9.17) is 0 Å². The second kappa shape index (κ2) is 6.74. The zero-order valence-corrected chi connectivity index (χ0v) is 10.4. The summed E-state index contributed by atoms with van der Waals surface area (Å²) in [4.78, 5) is 13.6. The van der Waals surface area contributed by atoms with Gasteiger partial charge in [0.2, 0.25) is 0 Å². The van der Waals surface area contributed by atoms with Gasteiger partial charge in [-0.25, -0.2) is 4.79 Å². The average Bonchev–Trinajstić information content (AvgIpc) is 2.79. The summed E-state index contributed by atoms with van der Waals surface area (Å²) in [7, 11) is 0. The number of likely N-dealkylation sites (N-methyl/N-ethyl adjacent to an activating group) is 1. The molecule has 2 N–H and O–H groups in total. The first-order valence-corrected chi connectivity index (χ1v) is 6.39. The third-order valence-electron chi connectivity index (χ3n) is 3.46. The molecule has 0 heterocycles. The molecule has 1 aliphatic rings. The minimum absolute atomic E-state index is 0.000880. The topological polar surface area (TPSA) is 52.6 Å². The Labute approximate surface area is 98.0 Å². The summed E-state index contributed by atoms with van der Waals surface area (Å²) < 4.78 is 0. The van der Waals surface area contributed by atoms with Crippen LogP contribution in [0.15, 0.2) is 0 Å². The van der Waals surface area contributed by atoms with Crippen LogP contribution < -0.4 is 5.32 Å². The summed E-state index contributed by atoms with van der Waals surface area (Å²) in [6, 6.07) is -0.0463. The zero-order valence-electron chi connectivity index (χ0n) is 10.4. The number of nitrogens with zero attached hydrogens (tertiary/aromatic N) is 1. The van der Waals surface area contributed by atoms with Crippen molar-refractivity contribution >= 4 is 6.03 Å². The van der Waals surface area contributed by atoms with Gasteiger partial charge in [0.1, 0.15) is 0 Å². The first-order valence-electron chi connectivity index (χ1n) is 6.39. The van der Waals surface area contributed by atoms with Gasteiger partial charge in [0.25, 0.3) is 0 Å². The Kier molecular flexibility index (Phi) is 5.60. The predicted octanol–water partition coefficient (Wildman–Crippen LogP) is 1.59. The third-order valence-corrected chi connectivity index (χ3v) is 3.46. The fourth-order valence-corrected chi connectivity index (χ4v) is 2.63. The predicted molar refractivity (Wildman–Crippen MR) is 64.3 cm³/mol. The molecule has 1 fully saturated rings. The average molecular weight is 228 g/mol. The number of aliphatic hydroxyl groups is 1. The van der Waals surface area contributed by atoms with Crippen LogP contribution in [0.25, 0.3) is 0 Å². The van der Waals surface area contributed by atoms with Crippen LogP contribution in [0, 0.1) is 5.92 Å². The Morgan fingerprint density at radius 2 is 2.06 bits per heavy atom. The highest BCUT2D eigenvalue weighted by molar-refractivity contribution is 5.74. The molecule has 1 atom stereocenters. The largest absolute Gasteiger partial charge is 0.394 e. The van der Waals surface area contributed by atoms with Crippen LogP contribution >= 0.6 is 0 Å². The lowest BCUT2D eigenvalue weighted by Gasteiger charge is -2.33. The highest BCUT2D eigenvalue weighted by Gasteiger charge is 2.31. The standard InChI is InChI=1S/C12H24N2O2/c1-3-13-12(16)14(4-2)11(9-15)10-7-5-6-8-10/h10-11,15H,3-9H2,1-2H3,(H,13,16). The van der Waals surface area contributed by atoms with Gasteiger partial charge in [0, 0.05) is 13.1 Å². The van der Waals surface area contributed by atoms with Gasteiger partial charge in [-0.1, -0.05) is 12.8 Å². The number of amides is 2. The second-order valence-corrected chi connectivity index (χ2v) is 4.42. The van der Waals surface area contributed by atoms with Gasteiger partial charge in [0.15, 0.2) is 0 Å². The highest BCUT2D eigenvalue weighted by atomic mass is 16.3. The lowest BCUT2D eigenvalue weighted by atomic mass is 9.97. The number of nitrogens with one attached hydrogen (secondary N) is 1. The molecule has 0 aromatic heterocycles. The van der Waals surface area contributed by atoms with Crippen molar-refractivity contribution in [1.29, 1.82) is 0 Å². The molecular weight excluding hydrogens is 204 g/mol. The number of hydrogen-bond acceptors (Lipinski definition) is 2. The number of carbonyl (C=O) groups excluding carboxylic acids is 1. The molecule has 2 amide bonds. The molecule has 1 aliphatic carbocycles. The number of urea groups is 1. The number of carbonyl (C=O) groups is 1. The van der Waals surface area contributed by atoms with E-state index in [1.165, 1.54) is 12.8 Å². The van der Waals surface area contributed by atoms with Crippen molar-refractivity contribution in [2.75, 3.05) is 19.7 Å². The lowest BCUT2D eigenvalue weighted by Crippen LogP contribution is -2.50. The van der Waals surface area contributed by atoms with E-state index in [0.717, 1.165) is 12.8 Å². The molecule has 0 saturated heterocycles. The summed E-state index contributed by atoms with van der Waals surface area (Å²) in [5, 5.41) is 12.3. The molecule has 4 heteroatoms. The maximum atomic E-state index is 11.8. The van der Waals surface area contributed by atoms with Crippen LogP contribution in [0.1, 0.15) is 39.5 Å². The molecule has 0 spiro atoms. The van der Waals surface area contributed by atoms with E-state index >= 15 is 0 Å². The third kappa shape index (κ3) is 3.11. The maximum Gasteiger partial charge on any atom is 0.317 e. The minimum Gasteiger partial charge on any atom is -0.394 e. The van der Waals surface area contributed by atoms with Gasteiger partial charge in [0.05, 0.1) is 12.6 Å². The van der Waals surface area contributed by atoms with Gasteiger partial charge in [-0.2, -0.15) is 0 Å². The molecule has 94 valence electrons. The molecule has 4 nitrogen and oxygen atoms in total. The molecule has 1 rings (SSSR count). The molecule has 0 radical (unpaired) electrons. The fraction of sp³-hybridized carbons (Fsp3) is 0.917. The Morgan fingerprint density at radius 3 is 2.50 bits per heavy atom. The van der Waals surface area contributed by atoms with E-state index in [1.54, 1.807) is 4.90 Å². The second-order valence-electron chi connectivity index (χ2n) is 4.42. The van der Waals surface area contributed by atoms with E-state index < -0.39 is 0 Å². The van der Waals surface area contributed by atoms with Crippen molar-refractivity contribution < 1.29 is 9.90 Å². The van der Waals surface area contributed by atoms with Gasteiger partial charge in [-0.3, -0.25) is 0 Å². The molecular formula is C12H24N2O2. The van der Waals surface area contributed by atoms with Crippen molar-refractivity contribution in [3.8, 4) is 0 Å². The Morgan fingerprint density at radius 1 is 1.44 bits per heavy atom. The lowest BCUT2D eigenvalue weighted by molar-refractivity contribution is 0.103. The van der Waals surface area contributed by atoms with Crippen molar-refractivity contribution in [2.24, 2.45) is 5.92 Å². The molecule has 0 bridgehead atoms. The van der Waals surface area contributed by atoms with Crippen LogP contribution in [0.3, 0.4) is 0 Å². The molecule has 1 unspecified atom stereocenters. The Balaban J connectivity index is 2.62. The summed E-state index contributed by atoms with van der Waals surface area (Å²) in [6.07, 6.45) is 4.74. The Hall–Kier alpha value is -0.770. The molecule has 16 heavy (non-hydrogen) atoms. The monoisotopic (exact) mass is 228 g/mol. The molecule has 0 aliphatic heterocycles. The summed E-state index contributed by atoms with van der Waals surface area (Å²) in [6.45, 7) is 5.25. The van der Waals surface area contributed by atoms with Gasteiger partial charge in [-0.15, -0.1) is 0 Å². The normalized spacial score (nSPS) is 18.4. The molecule has 0 aromatic carbocycles. The Bertz CT molecular complexity index is 215. The zero-order chi connectivity index (χ0) is 12.0. The number of aliphatic hydroxyl groups excluding tert-OH is 1. The SMILES string of the molecule is CCNC(=O)N(CC)C(CO)C1CCCC1. The van der Waals surface area contributed by atoms with Crippen molar-refractivity contribution in [1.82, 2.24) is 10.2 Å². The van der Waals surface area contributed by atoms with E-state index in [0.29, 0.717) is 19.0 Å². The fourth-order valence-electron chi connectivity index (χ4n) is 2.63. The van der Waals surface area contributed by atoms with Crippen LogP contribution in [0.4, 0.5) is 4.79 Å². The number of rotatable bonds is 5. The van der Waals surface area contributed by atoms with Crippen LogP contribution in [-0.4, -0.2) is 41.8 Å². The molecule has 1 saturated carbocycles. The van der Waals surface area contributed by atoms with E-state index in [9.17, 15) is 9.90 Å². The maximum absolute atomic E-state index is 11.8. The van der Waals surface area contributed by atoms with Crippen LogP contribution in [0.2, 0.25) is 0 Å². The van der Waals surface area contributed by atoms with Gasteiger partial charge < -0.3 is 15.3 Å². The number of hydrogen-bond donors (Lipinski definition) is 2. The van der Waals surface area contributed by atoms with Crippen LogP contribution in [0.5, 0.6) is 0 Å². The first-order chi connectivity index (χ1) is 7.74. The first kappa shape index (κ1) is 13.3. The minimum atomic E-state index is -0.0454. The van der Waals surface area contributed by atoms with Gasteiger partial charge >= 0.3 is 6.03 Å². The van der Waals surface area contributed by atoms with E-state index in [2.05, 4.69) is 5.32 Å². The highest BCUT2D eigenvalue weighted by Crippen LogP contribution is 2.30. The van der Waals surface area contributed by atoms with Crippen molar-refractivity contribution in [2.45, 2.75) is 45.6 Å². The molecule has 0 aromatic rings. The van der Waals surface area contributed by atoms with E-state index in [1.807, 2.05) is 13.8 Å². The van der Waals surface area contributed by atoms with Crippen LogP contribution in [-0.2, 0) is 0 Å². The summed E-state index contributed by atoms with van der Waals surface area (Å²) in [5.41, 5.74) is 0.